The third-order valence-electron chi connectivity index (χ3n) is 5.65. The molecule has 1 fully saturated rings. The van der Waals surface area contributed by atoms with E-state index in [1.807, 2.05) is 37.5 Å². The van der Waals surface area contributed by atoms with E-state index in [2.05, 4.69) is 56.8 Å². The zero-order valence-corrected chi connectivity index (χ0v) is 18.6. The predicted molar refractivity (Wildman–Crippen MR) is 122 cm³/mol. The standard InChI is InChI=1S/C23H27N5OS/c1-15-8-9-20(25-14-15)28-16(2)13-18(17(28)3)22-21(19-7-5-6-10-24-19)26-23(30)27(22)11-12-29-4/h5-10,13-14,21-22H,11-12H2,1-4H3,(H,26,30)/t21-,22-/m0/s1. The Morgan fingerprint density at radius 1 is 1.13 bits per heavy atom. The van der Waals surface area contributed by atoms with Crippen LogP contribution in [0.2, 0.25) is 0 Å². The van der Waals surface area contributed by atoms with Gasteiger partial charge in [-0.3, -0.25) is 4.98 Å². The monoisotopic (exact) mass is 421 g/mol. The Labute approximate surface area is 182 Å². The van der Waals surface area contributed by atoms with Crippen LogP contribution < -0.4 is 5.32 Å². The first kappa shape index (κ1) is 20.5. The van der Waals surface area contributed by atoms with Gasteiger partial charge in [-0.2, -0.15) is 0 Å². The molecule has 6 nitrogen and oxygen atoms in total. The van der Waals surface area contributed by atoms with Gasteiger partial charge in [0.1, 0.15) is 5.82 Å². The lowest BCUT2D eigenvalue weighted by Gasteiger charge is -2.28. The van der Waals surface area contributed by atoms with Crippen LogP contribution in [-0.4, -0.2) is 44.8 Å². The molecule has 1 aliphatic heterocycles. The van der Waals surface area contributed by atoms with E-state index in [-0.39, 0.29) is 12.1 Å². The molecule has 3 aromatic heterocycles. The van der Waals surface area contributed by atoms with Gasteiger partial charge in [0.25, 0.3) is 0 Å². The number of aromatic nitrogens is 3. The van der Waals surface area contributed by atoms with Crippen LogP contribution in [0.15, 0.2) is 48.8 Å². The number of ether oxygens (including phenoxy) is 1. The van der Waals surface area contributed by atoms with Gasteiger partial charge in [-0.15, -0.1) is 0 Å². The highest BCUT2D eigenvalue weighted by atomic mass is 32.1. The van der Waals surface area contributed by atoms with Gasteiger partial charge < -0.3 is 19.5 Å². The molecule has 3 aromatic rings. The van der Waals surface area contributed by atoms with Gasteiger partial charge in [-0.1, -0.05) is 12.1 Å². The van der Waals surface area contributed by atoms with Crippen molar-refractivity contribution in [3.05, 3.63) is 77.0 Å². The summed E-state index contributed by atoms with van der Waals surface area (Å²) in [4.78, 5) is 11.5. The summed E-state index contributed by atoms with van der Waals surface area (Å²) in [6.45, 7) is 7.63. The maximum Gasteiger partial charge on any atom is 0.170 e. The summed E-state index contributed by atoms with van der Waals surface area (Å²) in [5, 5.41) is 4.22. The van der Waals surface area contributed by atoms with Crippen LogP contribution in [0, 0.1) is 20.8 Å². The number of pyridine rings is 2. The first-order valence-corrected chi connectivity index (χ1v) is 10.5. The van der Waals surface area contributed by atoms with Gasteiger partial charge in [-0.25, -0.2) is 4.98 Å². The van der Waals surface area contributed by atoms with Crippen molar-refractivity contribution in [3.63, 3.8) is 0 Å². The Kier molecular flexibility index (Phi) is 5.83. The Morgan fingerprint density at radius 3 is 2.63 bits per heavy atom. The number of nitrogens with zero attached hydrogens (tertiary/aromatic N) is 4. The zero-order valence-electron chi connectivity index (χ0n) is 17.8. The zero-order chi connectivity index (χ0) is 21.3. The number of hydrogen-bond acceptors (Lipinski definition) is 4. The average Bonchev–Trinajstić information content (AvgIpc) is 3.23. The molecule has 0 bridgehead atoms. The van der Waals surface area contributed by atoms with Gasteiger partial charge in [0.05, 0.1) is 24.4 Å². The van der Waals surface area contributed by atoms with Crippen LogP contribution in [0.1, 0.15) is 40.3 Å². The van der Waals surface area contributed by atoms with Crippen LogP contribution in [0.3, 0.4) is 0 Å². The first-order valence-electron chi connectivity index (χ1n) is 10.1. The van der Waals surface area contributed by atoms with Crippen LogP contribution in [0.25, 0.3) is 5.82 Å². The predicted octanol–water partition coefficient (Wildman–Crippen LogP) is 3.81. The van der Waals surface area contributed by atoms with E-state index in [0.717, 1.165) is 33.6 Å². The number of nitrogens with one attached hydrogen (secondary N) is 1. The molecule has 2 atom stereocenters. The lowest BCUT2D eigenvalue weighted by Crippen LogP contribution is -2.32. The summed E-state index contributed by atoms with van der Waals surface area (Å²) < 4.78 is 7.57. The molecule has 4 heterocycles. The Hall–Kier alpha value is -2.77. The topological polar surface area (TPSA) is 55.2 Å². The van der Waals surface area contributed by atoms with Crippen molar-refractivity contribution < 1.29 is 4.74 Å². The van der Waals surface area contributed by atoms with Crippen LogP contribution in [0.4, 0.5) is 0 Å². The van der Waals surface area contributed by atoms with Gasteiger partial charge in [-0.05, 0) is 68.4 Å². The third-order valence-corrected chi connectivity index (χ3v) is 6.00. The van der Waals surface area contributed by atoms with Crippen molar-refractivity contribution in [1.82, 2.24) is 24.8 Å². The van der Waals surface area contributed by atoms with E-state index in [0.29, 0.717) is 13.2 Å². The molecule has 4 rings (SSSR count). The van der Waals surface area contributed by atoms with Crippen molar-refractivity contribution >= 4 is 17.3 Å². The average molecular weight is 422 g/mol. The fraction of sp³-hybridized carbons (Fsp3) is 0.348. The fourth-order valence-electron chi connectivity index (χ4n) is 4.21. The Morgan fingerprint density at radius 2 is 1.97 bits per heavy atom. The van der Waals surface area contributed by atoms with E-state index >= 15 is 0 Å². The molecule has 1 N–H and O–H groups in total. The van der Waals surface area contributed by atoms with Crippen LogP contribution in [-0.2, 0) is 4.74 Å². The normalized spacial score (nSPS) is 18.7. The summed E-state index contributed by atoms with van der Waals surface area (Å²) in [6.07, 6.45) is 3.73. The molecule has 1 saturated heterocycles. The summed E-state index contributed by atoms with van der Waals surface area (Å²) in [6, 6.07) is 12.4. The molecular weight excluding hydrogens is 394 g/mol. The second-order valence-electron chi connectivity index (χ2n) is 7.67. The van der Waals surface area contributed by atoms with Gasteiger partial charge >= 0.3 is 0 Å². The summed E-state index contributed by atoms with van der Waals surface area (Å²) in [7, 11) is 1.72. The van der Waals surface area contributed by atoms with E-state index in [1.165, 1.54) is 5.56 Å². The van der Waals surface area contributed by atoms with Crippen molar-refractivity contribution in [2.75, 3.05) is 20.3 Å². The van der Waals surface area contributed by atoms with E-state index in [9.17, 15) is 0 Å². The number of methoxy groups -OCH3 is 1. The highest BCUT2D eigenvalue weighted by Gasteiger charge is 2.41. The lowest BCUT2D eigenvalue weighted by molar-refractivity contribution is 0.164. The maximum absolute atomic E-state index is 5.71. The quantitative estimate of drug-likeness (QED) is 0.611. The number of rotatable bonds is 6. The largest absolute Gasteiger partial charge is 0.383 e. The summed E-state index contributed by atoms with van der Waals surface area (Å²) in [5.74, 6) is 0.924. The molecule has 1 aliphatic rings. The maximum atomic E-state index is 5.71. The molecule has 0 unspecified atom stereocenters. The van der Waals surface area contributed by atoms with Crippen LogP contribution in [0.5, 0.6) is 0 Å². The van der Waals surface area contributed by atoms with Crippen molar-refractivity contribution in [2.24, 2.45) is 0 Å². The van der Waals surface area contributed by atoms with E-state index < -0.39 is 0 Å². The summed E-state index contributed by atoms with van der Waals surface area (Å²) >= 11 is 5.71. The molecule has 0 spiro atoms. The SMILES string of the molecule is COCCN1C(=S)N[C@@H](c2ccccn2)[C@@H]1c1cc(C)n(-c2ccc(C)cn2)c1C. The molecule has 0 amide bonds. The Balaban J connectivity index is 1.81. The third kappa shape index (κ3) is 3.70. The lowest BCUT2D eigenvalue weighted by atomic mass is 9.97. The molecule has 30 heavy (non-hydrogen) atoms. The molecule has 0 saturated carbocycles. The minimum atomic E-state index is -0.0320. The second-order valence-corrected chi connectivity index (χ2v) is 8.06. The molecule has 156 valence electrons. The highest BCUT2D eigenvalue weighted by molar-refractivity contribution is 7.80. The highest BCUT2D eigenvalue weighted by Crippen LogP contribution is 2.41. The molecule has 0 aromatic carbocycles. The molecular formula is C23H27N5OS. The molecule has 0 radical (unpaired) electrons. The minimum Gasteiger partial charge on any atom is -0.383 e. The number of aryl methyl sites for hydroxylation is 2. The summed E-state index contributed by atoms with van der Waals surface area (Å²) in [5.41, 5.74) is 5.64. The van der Waals surface area contributed by atoms with Crippen LogP contribution >= 0.6 is 12.2 Å². The van der Waals surface area contributed by atoms with E-state index in [1.54, 1.807) is 7.11 Å². The van der Waals surface area contributed by atoms with Crippen molar-refractivity contribution in [2.45, 2.75) is 32.9 Å². The number of hydrogen-bond donors (Lipinski definition) is 1. The molecule has 7 heteroatoms. The Bertz CT molecular complexity index is 1030. The van der Waals surface area contributed by atoms with Gasteiger partial charge in [0.15, 0.2) is 5.11 Å². The van der Waals surface area contributed by atoms with Crippen molar-refractivity contribution in [1.29, 1.82) is 0 Å². The fourth-order valence-corrected chi connectivity index (χ4v) is 4.54. The van der Waals surface area contributed by atoms with E-state index in [4.69, 9.17) is 17.0 Å². The second kappa shape index (κ2) is 8.53. The first-order chi connectivity index (χ1) is 14.5. The van der Waals surface area contributed by atoms with Gasteiger partial charge in [0.2, 0.25) is 0 Å². The number of thiocarbonyl (C=S) groups is 1. The smallest absolute Gasteiger partial charge is 0.170 e. The van der Waals surface area contributed by atoms with Gasteiger partial charge in [0, 0.05) is 37.4 Å². The van der Waals surface area contributed by atoms with Crippen molar-refractivity contribution in [3.8, 4) is 5.82 Å². The minimum absolute atomic E-state index is 0.0212. The molecule has 0 aliphatic carbocycles.